The van der Waals surface area contributed by atoms with Crippen molar-refractivity contribution in [3.8, 4) is 0 Å². The van der Waals surface area contributed by atoms with E-state index in [4.69, 9.17) is 5.73 Å². The van der Waals surface area contributed by atoms with Gasteiger partial charge in [0.1, 0.15) is 0 Å². The highest BCUT2D eigenvalue weighted by molar-refractivity contribution is 5.95. The Morgan fingerprint density at radius 1 is 1.21 bits per heavy atom. The fourth-order valence-electron chi connectivity index (χ4n) is 1.73. The summed E-state index contributed by atoms with van der Waals surface area (Å²) in [7, 11) is 0. The minimum atomic E-state index is -0.514. The van der Waals surface area contributed by atoms with Crippen LogP contribution in [0.25, 0.3) is 10.8 Å². The maximum Gasteiger partial charge on any atom is 0.255 e. The lowest BCUT2D eigenvalue weighted by Crippen LogP contribution is -2.17. The van der Waals surface area contributed by atoms with Crippen molar-refractivity contribution in [2.24, 2.45) is 5.73 Å². The molecule has 0 saturated heterocycles. The molecule has 0 radical (unpaired) electrons. The van der Waals surface area contributed by atoms with Crippen LogP contribution in [0, 0.1) is 0 Å². The van der Waals surface area contributed by atoms with E-state index >= 15 is 0 Å². The topological polar surface area (TPSA) is 105 Å². The van der Waals surface area contributed by atoms with Gasteiger partial charge in [-0.25, -0.2) is 0 Å². The molecule has 0 aliphatic carbocycles. The van der Waals surface area contributed by atoms with Crippen molar-refractivity contribution in [2.75, 3.05) is 5.32 Å². The second-order valence-corrected chi connectivity index (χ2v) is 4.12. The van der Waals surface area contributed by atoms with Gasteiger partial charge in [0.05, 0.1) is 0 Å². The molecule has 1 aromatic heterocycles. The van der Waals surface area contributed by atoms with Gasteiger partial charge in [0.15, 0.2) is 0 Å². The highest BCUT2D eigenvalue weighted by Gasteiger charge is 2.05. The Labute approximate surface area is 108 Å². The van der Waals surface area contributed by atoms with Gasteiger partial charge in [-0.15, -0.1) is 0 Å². The summed E-state index contributed by atoms with van der Waals surface area (Å²) < 4.78 is 0. The number of benzene rings is 1. The summed E-state index contributed by atoms with van der Waals surface area (Å²) in [6, 6.07) is 6.72. The number of fused-ring (bicyclic) bond motifs is 1. The van der Waals surface area contributed by atoms with Crippen molar-refractivity contribution in [3.05, 3.63) is 40.8 Å². The number of primary amides is 1. The fraction of sp³-hybridized carbons (Fsp3) is 0.154. The van der Waals surface area contributed by atoms with Crippen LogP contribution in [0.2, 0.25) is 0 Å². The molecule has 2 aromatic rings. The van der Waals surface area contributed by atoms with E-state index in [1.165, 1.54) is 0 Å². The number of amides is 2. The Balaban J connectivity index is 2.16. The summed E-state index contributed by atoms with van der Waals surface area (Å²) in [5.41, 5.74) is 5.37. The Hall–Kier alpha value is -2.63. The van der Waals surface area contributed by atoms with Crippen molar-refractivity contribution in [1.82, 2.24) is 4.98 Å². The molecular formula is C13H13N3O3. The molecular weight excluding hydrogens is 246 g/mol. The lowest BCUT2D eigenvalue weighted by atomic mass is 10.1. The lowest BCUT2D eigenvalue weighted by Gasteiger charge is -2.05. The smallest absolute Gasteiger partial charge is 0.255 e. The molecule has 0 unspecified atom stereocenters. The average Bonchev–Trinajstić information content (AvgIpc) is 2.36. The molecule has 0 saturated carbocycles. The summed E-state index contributed by atoms with van der Waals surface area (Å²) in [6.45, 7) is 0. The molecule has 6 heteroatoms. The minimum absolute atomic E-state index is 0.0130. The number of carbonyl (C=O) groups is 2. The molecule has 1 aromatic carbocycles. The number of aromatic amines is 1. The quantitative estimate of drug-likeness (QED) is 0.753. The second kappa shape index (κ2) is 5.34. The maximum absolute atomic E-state index is 11.5. The first kappa shape index (κ1) is 12.8. The van der Waals surface area contributed by atoms with Gasteiger partial charge in [-0.2, -0.15) is 0 Å². The van der Waals surface area contributed by atoms with Crippen LogP contribution in [0.1, 0.15) is 12.8 Å². The zero-order valence-corrected chi connectivity index (χ0v) is 10.1. The second-order valence-electron chi connectivity index (χ2n) is 4.12. The van der Waals surface area contributed by atoms with Crippen molar-refractivity contribution >= 4 is 28.3 Å². The predicted molar refractivity (Wildman–Crippen MR) is 71.6 cm³/mol. The van der Waals surface area contributed by atoms with E-state index in [0.717, 1.165) is 5.39 Å². The third-order valence-electron chi connectivity index (χ3n) is 2.66. The largest absolute Gasteiger partial charge is 0.370 e. The van der Waals surface area contributed by atoms with Gasteiger partial charge in [0, 0.05) is 30.1 Å². The fourth-order valence-corrected chi connectivity index (χ4v) is 1.73. The number of pyridine rings is 1. The van der Waals surface area contributed by atoms with Gasteiger partial charge in [-0.3, -0.25) is 14.4 Å². The molecule has 0 aliphatic rings. The third-order valence-corrected chi connectivity index (χ3v) is 2.66. The van der Waals surface area contributed by atoms with Gasteiger partial charge >= 0.3 is 0 Å². The van der Waals surface area contributed by atoms with Crippen LogP contribution in [0.15, 0.2) is 35.3 Å². The standard InChI is InChI=1S/C13H13N3O3/c14-11(17)3-4-12(18)16-9-1-2-10-8(7-9)5-6-15-13(10)19/h1-2,5-7H,3-4H2,(H2,14,17)(H,15,19)(H,16,18). The molecule has 0 fully saturated rings. The van der Waals surface area contributed by atoms with E-state index in [9.17, 15) is 14.4 Å². The Morgan fingerprint density at radius 3 is 2.74 bits per heavy atom. The summed E-state index contributed by atoms with van der Waals surface area (Å²) in [5, 5.41) is 3.94. The van der Waals surface area contributed by atoms with E-state index in [1.54, 1.807) is 30.5 Å². The van der Waals surface area contributed by atoms with E-state index < -0.39 is 5.91 Å². The lowest BCUT2D eigenvalue weighted by molar-refractivity contribution is -0.122. The highest BCUT2D eigenvalue weighted by atomic mass is 16.2. The number of hydrogen-bond acceptors (Lipinski definition) is 3. The maximum atomic E-state index is 11.5. The number of carbonyl (C=O) groups excluding carboxylic acids is 2. The molecule has 6 nitrogen and oxygen atoms in total. The molecule has 98 valence electrons. The number of anilines is 1. The van der Waals surface area contributed by atoms with Crippen molar-refractivity contribution < 1.29 is 9.59 Å². The molecule has 0 bridgehead atoms. The molecule has 0 spiro atoms. The van der Waals surface area contributed by atoms with E-state index in [0.29, 0.717) is 11.1 Å². The average molecular weight is 259 g/mol. The van der Waals surface area contributed by atoms with Crippen LogP contribution in [0.4, 0.5) is 5.69 Å². The summed E-state index contributed by atoms with van der Waals surface area (Å²) in [4.78, 5) is 36.2. The van der Waals surface area contributed by atoms with E-state index in [2.05, 4.69) is 10.3 Å². The zero-order valence-electron chi connectivity index (χ0n) is 10.1. The Bertz CT molecular complexity index is 691. The van der Waals surface area contributed by atoms with Gasteiger partial charge < -0.3 is 16.0 Å². The van der Waals surface area contributed by atoms with Crippen LogP contribution in [-0.2, 0) is 9.59 Å². The molecule has 1 heterocycles. The van der Waals surface area contributed by atoms with Crippen molar-refractivity contribution in [3.63, 3.8) is 0 Å². The first-order chi connectivity index (χ1) is 9.06. The molecule has 2 amide bonds. The van der Waals surface area contributed by atoms with Gasteiger partial charge in [-0.05, 0) is 29.7 Å². The first-order valence-corrected chi connectivity index (χ1v) is 5.76. The monoisotopic (exact) mass is 259 g/mol. The number of H-pyrrole nitrogens is 1. The van der Waals surface area contributed by atoms with Crippen LogP contribution >= 0.6 is 0 Å². The number of nitrogens with one attached hydrogen (secondary N) is 2. The molecule has 0 aliphatic heterocycles. The normalized spacial score (nSPS) is 10.3. The highest BCUT2D eigenvalue weighted by Crippen LogP contribution is 2.16. The number of nitrogens with two attached hydrogens (primary N) is 1. The SMILES string of the molecule is NC(=O)CCC(=O)Nc1ccc2c(=O)[nH]ccc2c1. The van der Waals surface area contributed by atoms with Gasteiger partial charge in [0.25, 0.3) is 5.56 Å². The Kier molecular flexibility index (Phi) is 3.61. The summed E-state index contributed by atoms with van der Waals surface area (Å²) in [5.74, 6) is -0.803. The van der Waals surface area contributed by atoms with E-state index in [1.807, 2.05) is 0 Å². The van der Waals surface area contributed by atoms with Crippen LogP contribution in [-0.4, -0.2) is 16.8 Å². The zero-order chi connectivity index (χ0) is 13.8. The number of hydrogen-bond donors (Lipinski definition) is 3. The van der Waals surface area contributed by atoms with Gasteiger partial charge in [-0.1, -0.05) is 0 Å². The van der Waals surface area contributed by atoms with Crippen molar-refractivity contribution in [1.29, 1.82) is 0 Å². The van der Waals surface area contributed by atoms with Crippen molar-refractivity contribution in [2.45, 2.75) is 12.8 Å². The molecule has 2 rings (SSSR count). The minimum Gasteiger partial charge on any atom is -0.370 e. The summed E-state index contributed by atoms with van der Waals surface area (Å²) in [6.07, 6.45) is 1.60. The van der Waals surface area contributed by atoms with Crippen LogP contribution in [0.3, 0.4) is 0 Å². The number of rotatable bonds is 4. The summed E-state index contributed by atoms with van der Waals surface area (Å²) >= 11 is 0. The van der Waals surface area contributed by atoms with Crippen LogP contribution in [0.5, 0.6) is 0 Å². The Morgan fingerprint density at radius 2 is 2.00 bits per heavy atom. The van der Waals surface area contributed by atoms with E-state index in [-0.39, 0.29) is 24.3 Å². The molecule has 19 heavy (non-hydrogen) atoms. The molecule has 4 N–H and O–H groups in total. The predicted octanol–water partition coefficient (Wildman–Crippen LogP) is 0.732. The molecule has 0 atom stereocenters. The first-order valence-electron chi connectivity index (χ1n) is 5.76. The third kappa shape index (κ3) is 3.19. The number of aromatic nitrogens is 1. The van der Waals surface area contributed by atoms with Crippen LogP contribution < -0.4 is 16.6 Å². The van der Waals surface area contributed by atoms with Gasteiger partial charge in [0.2, 0.25) is 11.8 Å².